The smallest absolute Gasteiger partial charge is 0.0733 e. The van der Waals surface area contributed by atoms with Crippen LogP contribution in [0.1, 0.15) is 25.7 Å². The zero-order chi connectivity index (χ0) is 6.55. The average molecular weight is 139 g/mol. The minimum atomic E-state index is 0.573. The molecule has 0 aromatic heterocycles. The molecule has 0 aliphatic carbocycles. The van der Waals surface area contributed by atoms with Gasteiger partial charge in [-0.1, -0.05) is 0 Å². The maximum atomic E-state index is 5.81. The third-order valence-corrected chi connectivity index (χ3v) is 3.13. The molecule has 0 aromatic carbocycles. The molecule has 4 atom stereocenters. The van der Waals surface area contributed by atoms with E-state index in [0.29, 0.717) is 12.2 Å². The lowest BCUT2D eigenvalue weighted by atomic mass is 9.87. The largest absolute Gasteiger partial charge is 0.373 e. The highest BCUT2D eigenvalue weighted by atomic mass is 16.5. The molecule has 0 saturated carbocycles. The first kappa shape index (κ1) is 5.56. The van der Waals surface area contributed by atoms with Crippen LogP contribution in [0.2, 0.25) is 0 Å². The minimum absolute atomic E-state index is 0.573. The second-order valence-corrected chi connectivity index (χ2v) is 3.82. The van der Waals surface area contributed by atoms with Gasteiger partial charge in [0, 0.05) is 12.1 Å². The first-order chi connectivity index (χ1) is 4.92. The van der Waals surface area contributed by atoms with Gasteiger partial charge in [-0.15, -0.1) is 0 Å². The number of nitrogens with one attached hydrogen (secondary N) is 1. The van der Waals surface area contributed by atoms with Gasteiger partial charge in [-0.05, 0) is 25.7 Å². The molecular formula is C8H13NO. The van der Waals surface area contributed by atoms with Crippen molar-refractivity contribution < 1.29 is 4.74 Å². The minimum Gasteiger partial charge on any atom is -0.373 e. The van der Waals surface area contributed by atoms with Crippen LogP contribution in [0.4, 0.5) is 0 Å². The van der Waals surface area contributed by atoms with Crippen molar-refractivity contribution in [3.8, 4) is 0 Å². The number of ether oxygens (including phenoxy) is 1. The lowest BCUT2D eigenvalue weighted by molar-refractivity contribution is 0.0496. The predicted octanol–water partition coefficient (Wildman–Crippen LogP) is 0.668. The van der Waals surface area contributed by atoms with Crippen LogP contribution < -0.4 is 5.32 Å². The Balaban J connectivity index is 1.94. The maximum absolute atomic E-state index is 5.81. The van der Waals surface area contributed by atoms with Crippen molar-refractivity contribution in [2.24, 2.45) is 0 Å². The van der Waals surface area contributed by atoms with Crippen LogP contribution in [0.15, 0.2) is 0 Å². The monoisotopic (exact) mass is 139 g/mol. The molecule has 10 heavy (non-hydrogen) atoms. The molecule has 3 bridgehead atoms. The Hall–Kier alpha value is -0.0800. The van der Waals surface area contributed by atoms with Crippen molar-refractivity contribution in [2.45, 2.75) is 50.0 Å². The Morgan fingerprint density at radius 2 is 2.20 bits per heavy atom. The highest BCUT2D eigenvalue weighted by Gasteiger charge is 2.44. The van der Waals surface area contributed by atoms with Crippen LogP contribution in [0.3, 0.4) is 0 Å². The predicted molar refractivity (Wildman–Crippen MR) is 37.8 cm³/mol. The summed E-state index contributed by atoms with van der Waals surface area (Å²) in [7, 11) is 0. The van der Waals surface area contributed by atoms with E-state index >= 15 is 0 Å². The molecule has 0 amide bonds. The molecule has 3 aliphatic heterocycles. The molecule has 0 spiro atoms. The number of hydrogen-bond donors (Lipinski definition) is 1. The normalized spacial score (nSPS) is 57.6. The zero-order valence-corrected chi connectivity index (χ0v) is 6.05. The van der Waals surface area contributed by atoms with Crippen LogP contribution in [0.5, 0.6) is 0 Å². The van der Waals surface area contributed by atoms with Gasteiger partial charge in [0.1, 0.15) is 0 Å². The number of hydrogen-bond acceptors (Lipinski definition) is 2. The fraction of sp³-hybridized carbons (Fsp3) is 1.00. The van der Waals surface area contributed by atoms with E-state index in [4.69, 9.17) is 4.74 Å². The van der Waals surface area contributed by atoms with E-state index in [0.717, 1.165) is 12.1 Å². The third kappa shape index (κ3) is 0.611. The first-order valence-corrected chi connectivity index (χ1v) is 4.33. The van der Waals surface area contributed by atoms with E-state index < -0.39 is 0 Å². The maximum Gasteiger partial charge on any atom is 0.0733 e. The van der Waals surface area contributed by atoms with Crippen molar-refractivity contribution in [3.63, 3.8) is 0 Å². The molecule has 56 valence electrons. The standard InChI is InChI=1S/C8H13NO/c1-2-8-7-4-6(10-8)3-5(1)9-7/h5-9H,1-4H2/t5-,6+,7-,8-/m1/s1. The highest BCUT2D eigenvalue weighted by Crippen LogP contribution is 2.36. The Bertz CT molecular complexity index is 149. The van der Waals surface area contributed by atoms with Crippen molar-refractivity contribution in [2.75, 3.05) is 0 Å². The summed E-state index contributed by atoms with van der Waals surface area (Å²) in [5.74, 6) is 0. The van der Waals surface area contributed by atoms with E-state index in [1.807, 2.05) is 0 Å². The lowest BCUT2D eigenvalue weighted by Crippen LogP contribution is -2.49. The summed E-state index contributed by atoms with van der Waals surface area (Å²) in [6.07, 6.45) is 6.39. The van der Waals surface area contributed by atoms with Crippen molar-refractivity contribution in [1.29, 1.82) is 0 Å². The van der Waals surface area contributed by atoms with E-state index in [-0.39, 0.29) is 0 Å². The fourth-order valence-corrected chi connectivity index (χ4v) is 2.68. The summed E-state index contributed by atoms with van der Waals surface area (Å²) in [5.41, 5.74) is 0. The molecule has 3 heterocycles. The molecule has 1 N–H and O–H groups in total. The molecular weight excluding hydrogens is 126 g/mol. The summed E-state index contributed by atoms with van der Waals surface area (Å²) < 4.78 is 5.81. The highest BCUT2D eigenvalue weighted by molar-refractivity contribution is 5.00. The van der Waals surface area contributed by atoms with Crippen molar-refractivity contribution in [1.82, 2.24) is 5.32 Å². The molecule has 3 aliphatic rings. The topological polar surface area (TPSA) is 21.3 Å². The number of piperidine rings is 2. The summed E-state index contributed by atoms with van der Waals surface area (Å²) >= 11 is 0. The van der Waals surface area contributed by atoms with Crippen LogP contribution in [0.25, 0.3) is 0 Å². The number of fused-ring (bicyclic) bond motifs is 2. The molecule has 0 radical (unpaired) electrons. The zero-order valence-electron chi connectivity index (χ0n) is 6.05. The fourth-order valence-electron chi connectivity index (χ4n) is 2.68. The van der Waals surface area contributed by atoms with Gasteiger partial charge in [-0.2, -0.15) is 0 Å². The van der Waals surface area contributed by atoms with Gasteiger partial charge in [0.15, 0.2) is 0 Å². The summed E-state index contributed by atoms with van der Waals surface area (Å²) in [5, 5.41) is 3.62. The van der Waals surface area contributed by atoms with E-state index in [1.165, 1.54) is 25.7 Å². The summed E-state index contributed by atoms with van der Waals surface area (Å²) in [6.45, 7) is 0. The Kier molecular flexibility index (Phi) is 0.968. The van der Waals surface area contributed by atoms with Gasteiger partial charge in [-0.25, -0.2) is 0 Å². The molecule has 2 nitrogen and oxygen atoms in total. The Morgan fingerprint density at radius 1 is 1.20 bits per heavy atom. The molecule has 0 unspecified atom stereocenters. The van der Waals surface area contributed by atoms with Crippen LogP contribution >= 0.6 is 0 Å². The average Bonchev–Trinajstić information content (AvgIpc) is 2.11. The third-order valence-electron chi connectivity index (χ3n) is 3.13. The van der Waals surface area contributed by atoms with Gasteiger partial charge in [0.2, 0.25) is 0 Å². The molecule has 3 fully saturated rings. The van der Waals surface area contributed by atoms with Gasteiger partial charge >= 0.3 is 0 Å². The Labute approximate surface area is 60.9 Å². The SMILES string of the molecule is C1C[C@H]2O[C@H]3C[C@@H]1N[C@@H]2C3. The second kappa shape index (κ2) is 1.74. The summed E-state index contributed by atoms with van der Waals surface area (Å²) in [6, 6.07) is 1.51. The van der Waals surface area contributed by atoms with Gasteiger partial charge < -0.3 is 10.1 Å². The van der Waals surface area contributed by atoms with Crippen molar-refractivity contribution in [3.05, 3.63) is 0 Å². The number of rotatable bonds is 0. The summed E-state index contributed by atoms with van der Waals surface area (Å²) in [4.78, 5) is 0. The quantitative estimate of drug-likeness (QED) is 0.532. The van der Waals surface area contributed by atoms with E-state index in [2.05, 4.69) is 5.32 Å². The Morgan fingerprint density at radius 3 is 3.20 bits per heavy atom. The van der Waals surface area contributed by atoms with Crippen LogP contribution in [0, 0.1) is 0 Å². The molecule has 3 saturated heterocycles. The first-order valence-electron chi connectivity index (χ1n) is 4.33. The van der Waals surface area contributed by atoms with Gasteiger partial charge in [-0.3, -0.25) is 0 Å². The van der Waals surface area contributed by atoms with E-state index in [9.17, 15) is 0 Å². The van der Waals surface area contributed by atoms with Crippen LogP contribution in [-0.2, 0) is 4.74 Å². The van der Waals surface area contributed by atoms with E-state index in [1.54, 1.807) is 0 Å². The lowest BCUT2D eigenvalue weighted by Gasteiger charge is -2.33. The van der Waals surface area contributed by atoms with Gasteiger partial charge in [0.05, 0.1) is 12.2 Å². The van der Waals surface area contributed by atoms with Crippen molar-refractivity contribution >= 4 is 0 Å². The molecule has 0 aromatic rings. The second-order valence-electron chi connectivity index (χ2n) is 3.82. The molecule has 2 heteroatoms. The van der Waals surface area contributed by atoms with Crippen LogP contribution in [-0.4, -0.2) is 24.3 Å². The van der Waals surface area contributed by atoms with Gasteiger partial charge in [0.25, 0.3) is 0 Å². The molecule has 3 rings (SSSR count).